The van der Waals surface area contributed by atoms with Gasteiger partial charge in [0.25, 0.3) is 0 Å². The Kier molecular flexibility index (Phi) is 2.68. The van der Waals surface area contributed by atoms with E-state index in [9.17, 15) is 0 Å². The Bertz CT molecular complexity index is 459. The van der Waals surface area contributed by atoms with Gasteiger partial charge in [-0.25, -0.2) is 9.50 Å². The van der Waals surface area contributed by atoms with Crippen LogP contribution in [-0.2, 0) is 13.0 Å². The topological polar surface area (TPSA) is 56.2 Å². The van der Waals surface area contributed by atoms with E-state index in [1.165, 1.54) is 0 Å². The van der Waals surface area contributed by atoms with E-state index in [1.807, 2.05) is 18.3 Å². The summed E-state index contributed by atoms with van der Waals surface area (Å²) in [7, 11) is 0. The molecule has 15 heavy (non-hydrogen) atoms. The lowest BCUT2D eigenvalue weighted by Crippen LogP contribution is -1.99. The number of nitrogens with zero attached hydrogens (tertiary/aromatic N) is 3. The number of rotatable bonds is 3. The zero-order chi connectivity index (χ0) is 10.8. The molecule has 0 saturated heterocycles. The summed E-state index contributed by atoms with van der Waals surface area (Å²) in [5.41, 5.74) is 7.57. The number of pyridine rings is 1. The van der Waals surface area contributed by atoms with Crippen LogP contribution in [0.2, 0.25) is 0 Å². The first-order valence-corrected chi connectivity index (χ1v) is 5.24. The average Bonchev–Trinajstić information content (AvgIpc) is 2.58. The number of aromatic nitrogens is 3. The number of hydrogen-bond acceptors (Lipinski definition) is 3. The van der Waals surface area contributed by atoms with E-state index in [0.717, 1.165) is 23.5 Å². The maximum absolute atomic E-state index is 5.65. The molecule has 2 aromatic heterocycles. The monoisotopic (exact) mass is 204 g/mol. The Balaban J connectivity index is 2.45. The van der Waals surface area contributed by atoms with Gasteiger partial charge in [-0.3, -0.25) is 0 Å². The Morgan fingerprint density at radius 1 is 1.47 bits per heavy atom. The largest absolute Gasteiger partial charge is 0.326 e. The fraction of sp³-hybridized carbons (Fsp3) is 0.455. The first kappa shape index (κ1) is 10.1. The molecule has 2 heterocycles. The quantitative estimate of drug-likeness (QED) is 0.822. The van der Waals surface area contributed by atoms with Crippen LogP contribution < -0.4 is 5.73 Å². The van der Waals surface area contributed by atoms with E-state index in [-0.39, 0.29) is 0 Å². The van der Waals surface area contributed by atoms with Gasteiger partial charge in [0.1, 0.15) is 0 Å². The zero-order valence-electron chi connectivity index (χ0n) is 9.14. The maximum Gasteiger partial charge on any atom is 0.160 e. The Morgan fingerprint density at radius 3 is 2.93 bits per heavy atom. The Morgan fingerprint density at radius 2 is 2.27 bits per heavy atom. The molecule has 4 heteroatoms. The van der Waals surface area contributed by atoms with E-state index in [4.69, 9.17) is 5.73 Å². The summed E-state index contributed by atoms with van der Waals surface area (Å²) in [6.07, 6.45) is 2.82. The van der Waals surface area contributed by atoms with Crippen LogP contribution in [0, 0.1) is 5.92 Å². The van der Waals surface area contributed by atoms with E-state index < -0.39 is 0 Å². The van der Waals surface area contributed by atoms with Crippen molar-refractivity contribution in [2.24, 2.45) is 11.7 Å². The van der Waals surface area contributed by atoms with Crippen molar-refractivity contribution in [3.63, 3.8) is 0 Å². The van der Waals surface area contributed by atoms with Gasteiger partial charge < -0.3 is 5.73 Å². The van der Waals surface area contributed by atoms with Crippen LogP contribution in [0.3, 0.4) is 0 Å². The van der Waals surface area contributed by atoms with E-state index >= 15 is 0 Å². The van der Waals surface area contributed by atoms with Gasteiger partial charge in [0, 0.05) is 24.7 Å². The molecular weight excluding hydrogens is 188 g/mol. The minimum absolute atomic E-state index is 0.504. The average molecular weight is 204 g/mol. The lowest BCUT2D eigenvalue weighted by atomic mass is 10.1. The molecule has 0 radical (unpaired) electrons. The van der Waals surface area contributed by atoms with Crippen LogP contribution >= 0.6 is 0 Å². The minimum Gasteiger partial charge on any atom is -0.326 e. The van der Waals surface area contributed by atoms with Crippen LogP contribution in [0.15, 0.2) is 18.3 Å². The van der Waals surface area contributed by atoms with E-state index in [1.54, 1.807) is 4.52 Å². The molecule has 0 atom stereocenters. The van der Waals surface area contributed by atoms with Gasteiger partial charge in [-0.15, -0.1) is 0 Å². The molecule has 0 aliphatic heterocycles. The first-order valence-electron chi connectivity index (χ1n) is 5.24. The summed E-state index contributed by atoms with van der Waals surface area (Å²) in [6.45, 7) is 4.83. The predicted octanol–water partition coefficient (Wildman–Crippen LogP) is 1.39. The SMILES string of the molecule is CC(C)Cc1nc2c(CN)cccn2n1. The normalized spacial score (nSPS) is 11.5. The Hall–Kier alpha value is -1.42. The van der Waals surface area contributed by atoms with Gasteiger partial charge in [0.15, 0.2) is 11.5 Å². The van der Waals surface area contributed by atoms with Crippen molar-refractivity contribution in [3.05, 3.63) is 29.7 Å². The standard InChI is InChI=1S/C11H16N4/c1-8(2)6-10-13-11-9(7-12)4-3-5-15(11)14-10/h3-5,8H,6-7,12H2,1-2H3. The molecule has 0 bridgehead atoms. The van der Waals surface area contributed by atoms with Crippen LogP contribution in [0.1, 0.15) is 25.2 Å². The lowest BCUT2D eigenvalue weighted by Gasteiger charge is -1.96. The number of fused-ring (bicyclic) bond motifs is 1. The molecule has 0 aliphatic carbocycles. The van der Waals surface area contributed by atoms with Crippen molar-refractivity contribution in [1.82, 2.24) is 14.6 Å². The van der Waals surface area contributed by atoms with Crippen LogP contribution in [0.25, 0.3) is 5.65 Å². The highest BCUT2D eigenvalue weighted by Crippen LogP contribution is 2.10. The van der Waals surface area contributed by atoms with Gasteiger partial charge in [-0.2, -0.15) is 5.10 Å². The van der Waals surface area contributed by atoms with Gasteiger partial charge in [-0.1, -0.05) is 19.9 Å². The highest BCUT2D eigenvalue weighted by atomic mass is 15.3. The highest BCUT2D eigenvalue weighted by molar-refractivity contribution is 5.46. The second kappa shape index (κ2) is 3.98. The third kappa shape index (κ3) is 1.99. The third-order valence-corrected chi connectivity index (χ3v) is 2.30. The van der Waals surface area contributed by atoms with Crippen molar-refractivity contribution in [2.45, 2.75) is 26.8 Å². The molecule has 80 valence electrons. The molecule has 0 amide bonds. The van der Waals surface area contributed by atoms with Crippen molar-refractivity contribution in [1.29, 1.82) is 0 Å². The molecule has 4 nitrogen and oxygen atoms in total. The van der Waals surface area contributed by atoms with Gasteiger partial charge >= 0.3 is 0 Å². The Labute approximate surface area is 89.1 Å². The van der Waals surface area contributed by atoms with Crippen LogP contribution in [0.5, 0.6) is 0 Å². The van der Waals surface area contributed by atoms with Gasteiger partial charge in [-0.05, 0) is 12.0 Å². The van der Waals surface area contributed by atoms with Crippen molar-refractivity contribution < 1.29 is 0 Å². The van der Waals surface area contributed by atoms with Crippen LogP contribution in [0.4, 0.5) is 0 Å². The summed E-state index contributed by atoms with van der Waals surface area (Å²) < 4.78 is 1.81. The second-order valence-electron chi connectivity index (χ2n) is 4.13. The molecule has 2 aromatic rings. The third-order valence-electron chi connectivity index (χ3n) is 2.30. The molecule has 0 aliphatic rings. The van der Waals surface area contributed by atoms with Gasteiger partial charge in [0.2, 0.25) is 0 Å². The number of hydrogen-bond donors (Lipinski definition) is 1. The molecule has 0 saturated carbocycles. The molecule has 2 N–H and O–H groups in total. The van der Waals surface area contributed by atoms with Crippen molar-refractivity contribution >= 4 is 5.65 Å². The maximum atomic E-state index is 5.65. The number of nitrogens with two attached hydrogens (primary N) is 1. The fourth-order valence-corrected chi connectivity index (χ4v) is 1.62. The highest BCUT2D eigenvalue weighted by Gasteiger charge is 2.07. The molecule has 0 fully saturated rings. The first-order chi connectivity index (χ1) is 7.20. The van der Waals surface area contributed by atoms with Crippen LogP contribution in [-0.4, -0.2) is 14.6 Å². The summed E-state index contributed by atoms with van der Waals surface area (Å²) >= 11 is 0. The smallest absolute Gasteiger partial charge is 0.160 e. The van der Waals surface area contributed by atoms with E-state index in [0.29, 0.717) is 12.5 Å². The van der Waals surface area contributed by atoms with Gasteiger partial charge in [0.05, 0.1) is 0 Å². The summed E-state index contributed by atoms with van der Waals surface area (Å²) in [5.74, 6) is 1.47. The summed E-state index contributed by atoms with van der Waals surface area (Å²) in [5, 5.41) is 4.41. The molecular formula is C11H16N4. The van der Waals surface area contributed by atoms with Crippen molar-refractivity contribution in [2.75, 3.05) is 0 Å². The summed E-state index contributed by atoms with van der Waals surface area (Å²) in [4.78, 5) is 4.50. The van der Waals surface area contributed by atoms with Crippen molar-refractivity contribution in [3.8, 4) is 0 Å². The molecule has 2 rings (SSSR count). The molecule has 0 aromatic carbocycles. The molecule has 0 unspecified atom stereocenters. The lowest BCUT2D eigenvalue weighted by molar-refractivity contribution is 0.620. The molecule has 0 spiro atoms. The minimum atomic E-state index is 0.504. The van der Waals surface area contributed by atoms with E-state index in [2.05, 4.69) is 23.9 Å². The zero-order valence-corrected chi connectivity index (χ0v) is 9.14. The second-order valence-corrected chi connectivity index (χ2v) is 4.13. The summed E-state index contributed by atoms with van der Waals surface area (Å²) in [6, 6.07) is 3.94. The fourth-order valence-electron chi connectivity index (χ4n) is 1.62. The predicted molar refractivity (Wildman–Crippen MR) is 59.4 cm³/mol.